The first kappa shape index (κ1) is 15.8. The number of amides is 2. The smallest absolute Gasteiger partial charge is 0.307 e. The van der Waals surface area contributed by atoms with E-state index in [0.717, 1.165) is 12.8 Å². The number of carboxylic acids is 1. The Morgan fingerprint density at radius 1 is 1.29 bits per heavy atom. The Bertz CT molecular complexity index is 461. The standard InChI is InChI=1S/C15H24N2O4/c1-4-6-16-7-5-8-17(9-10(16)18)13(19)11-12(14(20)21)15(11,2)3/h11-12H,4-9H2,1-3H3,(H,20,21)/t11-,12+/m0/s1. The maximum atomic E-state index is 12.5. The molecule has 6 heteroatoms. The van der Waals surface area contributed by atoms with Crippen molar-refractivity contribution in [2.75, 3.05) is 26.2 Å². The first-order chi connectivity index (χ1) is 9.80. The molecule has 1 saturated carbocycles. The van der Waals surface area contributed by atoms with Crippen molar-refractivity contribution in [3.8, 4) is 0 Å². The van der Waals surface area contributed by atoms with E-state index in [4.69, 9.17) is 0 Å². The summed E-state index contributed by atoms with van der Waals surface area (Å²) in [5, 5.41) is 9.18. The normalized spacial score (nSPS) is 28.2. The van der Waals surface area contributed by atoms with E-state index in [1.54, 1.807) is 23.6 Å². The zero-order valence-corrected chi connectivity index (χ0v) is 13.0. The van der Waals surface area contributed by atoms with Gasteiger partial charge in [0, 0.05) is 19.6 Å². The SMILES string of the molecule is CCCN1CCCN(C(=O)[C@@H]2[C@H](C(=O)O)C2(C)C)CC1=O. The first-order valence-electron chi connectivity index (χ1n) is 7.60. The van der Waals surface area contributed by atoms with E-state index in [0.29, 0.717) is 19.6 Å². The zero-order chi connectivity index (χ0) is 15.8. The average molecular weight is 296 g/mol. The molecule has 0 aromatic rings. The molecule has 1 aliphatic carbocycles. The van der Waals surface area contributed by atoms with Gasteiger partial charge >= 0.3 is 5.97 Å². The van der Waals surface area contributed by atoms with Crippen molar-refractivity contribution in [2.24, 2.45) is 17.3 Å². The number of carboxylic acid groups (broad SMARTS) is 1. The quantitative estimate of drug-likeness (QED) is 0.833. The molecule has 0 bridgehead atoms. The summed E-state index contributed by atoms with van der Waals surface area (Å²) in [5.74, 6) is -2.27. The van der Waals surface area contributed by atoms with Crippen LogP contribution < -0.4 is 0 Å². The van der Waals surface area contributed by atoms with Crippen LogP contribution in [0.5, 0.6) is 0 Å². The van der Waals surface area contributed by atoms with Crippen LogP contribution in [-0.4, -0.2) is 58.9 Å². The predicted octanol–water partition coefficient (Wildman–Crippen LogP) is 0.814. The highest BCUT2D eigenvalue weighted by Gasteiger charge is 2.66. The molecular weight excluding hydrogens is 272 g/mol. The molecule has 118 valence electrons. The van der Waals surface area contributed by atoms with Crippen LogP contribution in [0.25, 0.3) is 0 Å². The molecule has 0 radical (unpaired) electrons. The molecule has 0 aromatic heterocycles. The maximum absolute atomic E-state index is 12.5. The largest absolute Gasteiger partial charge is 0.481 e. The minimum Gasteiger partial charge on any atom is -0.481 e. The molecule has 1 aliphatic heterocycles. The number of carbonyl (C=O) groups is 3. The van der Waals surface area contributed by atoms with Crippen LogP contribution in [0.2, 0.25) is 0 Å². The van der Waals surface area contributed by atoms with Gasteiger partial charge in [-0.1, -0.05) is 20.8 Å². The van der Waals surface area contributed by atoms with Crippen molar-refractivity contribution in [2.45, 2.75) is 33.6 Å². The summed E-state index contributed by atoms with van der Waals surface area (Å²) in [4.78, 5) is 39.2. The minimum atomic E-state index is -0.924. The topological polar surface area (TPSA) is 77.9 Å². The second-order valence-corrected chi connectivity index (χ2v) is 6.61. The lowest BCUT2D eigenvalue weighted by molar-refractivity contribution is -0.143. The fourth-order valence-corrected chi connectivity index (χ4v) is 3.37. The van der Waals surface area contributed by atoms with Crippen molar-refractivity contribution in [1.29, 1.82) is 0 Å². The van der Waals surface area contributed by atoms with Gasteiger partial charge in [-0.25, -0.2) is 0 Å². The van der Waals surface area contributed by atoms with Crippen molar-refractivity contribution in [3.63, 3.8) is 0 Å². The lowest BCUT2D eigenvalue weighted by atomic mass is 10.1. The second kappa shape index (κ2) is 5.66. The van der Waals surface area contributed by atoms with Crippen LogP contribution in [0, 0.1) is 17.3 Å². The van der Waals surface area contributed by atoms with E-state index in [2.05, 4.69) is 0 Å². The summed E-state index contributed by atoms with van der Waals surface area (Å²) in [7, 11) is 0. The van der Waals surface area contributed by atoms with Crippen molar-refractivity contribution >= 4 is 17.8 Å². The van der Waals surface area contributed by atoms with E-state index in [9.17, 15) is 19.5 Å². The van der Waals surface area contributed by atoms with Crippen molar-refractivity contribution in [3.05, 3.63) is 0 Å². The minimum absolute atomic E-state index is 0.0342. The number of nitrogens with zero attached hydrogens (tertiary/aromatic N) is 2. The van der Waals surface area contributed by atoms with E-state index >= 15 is 0 Å². The molecule has 2 fully saturated rings. The summed E-state index contributed by atoms with van der Waals surface area (Å²) in [6.45, 7) is 7.63. The highest BCUT2D eigenvalue weighted by atomic mass is 16.4. The highest BCUT2D eigenvalue weighted by Crippen LogP contribution is 2.59. The Morgan fingerprint density at radius 3 is 2.48 bits per heavy atom. The number of rotatable bonds is 4. The van der Waals surface area contributed by atoms with Crippen molar-refractivity contribution in [1.82, 2.24) is 9.80 Å². The summed E-state index contributed by atoms with van der Waals surface area (Å²) < 4.78 is 0. The summed E-state index contributed by atoms with van der Waals surface area (Å²) >= 11 is 0. The first-order valence-corrected chi connectivity index (χ1v) is 7.60. The summed E-state index contributed by atoms with van der Waals surface area (Å²) in [5.41, 5.74) is -0.513. The van der Waals surface area contributed by atoms with Crippen LogP contribution in [0.3, 0.4) is 0 Å². The van der Waals surface area contributed by atoms with Crippen LogP contribution in [-0.2, 0) is 14.4 Å². The molecule has 21 heavy (non-hydrogen) atoms. The van der Waals surface area contributed by atoms with Gasteiger partial charge in [0.2, 0.25) is 11.8 Å². The Hall–Kier alpha value is -1.59. The third-order valence-corrected chi connectivity index (χ3v) is 4.70. The molecular formula is C15H24N2O4. The van der Waals surface area contributed by atoms with Crippen LogP contribution in [0.1, 0.15) is 33.6 Å². The van der Waals surface area contributed by atoms with E-state index < -0.39 is 23.2 Å². The Balaban J connectivity index is 2.04. The lowest BCUT2D eigenvalue weighted by Gasteiger charge is -2.22. The molecule has 2 aliphatic rings. The van der Waals surface area contributed by atoms with E-state index in [1.165, 1.54) is 0 Å². The third-order valence-electron chi connectivity index (χ3n) is 4.70. The van der Waals surface area contributed by atoms with Crippen LogP contribution in [0.4, 0.5) is 0 Å². The van der Waals surface area contributed by atoms with Crippen LogP contribution in [0.15, 0.2) is 0 Å². The monoisotopic (exact) mass is 296 g/mol. The van der Waals surface area contributed by atoms with Crippen LogP contribution >= 0.6 is 0 Å². The average Bonchev–Trinajstić information content (AvgIpc) is 3.02. The van der Waals surface area contributed by atoms with Gasteiger partial charge in [0.05, 0.1) is 18.4 Å². The number of aliphatic carboxylic acids is 1. The fourth-order valence-electron chi connectivity index (χ4n) is 3.37. The number of carbonyl (C=O) groups excluding carboxylic acids is 2. The molecule has 1 heterocycles. The summed E-state index contributed by atoms with van der Waals surface area (Å²) in [6, 6.07) is 0. The van der Waals surface area contributed by atoms with Gasteiger partial charge in [0.15, 0.2) is 0 Å². The molecule has 1 N–H and O–H groups in total. The number of hydrogen-bond acceptors (Lipinski definition) is 3. The maximum Gasteiger partial charge on any atom is 0.307 e. The molecule has 6 nitrogen and oxygen atoms in total. The van der Waals surface area contributed by atoms with E-state index in [-0.39, 0.29) is 18.4 Å². The number of hydrogen-bond donors (Lipinski definition) is 1. The summed E-state index contributed by atoms with van der Waals surface area (Å²) in [6.07, 6.45) is 1.65. The fraction of sp³-hybridized carbons (Fsp3) is 0.800. The molecule has 2 atom stereocenters. The van der Waals surface area contributed by atoms with Gasteiger partial charge in [-0.05, 0) is 18.3 Å². The Morgan fingerprint density at radius 2 is 1.95 bits per heavy atom. The highest BCUT2D eigenvalue weighted by molar-refractivity contribution is 5.93. The van der Waals surface area contributed by atoms with Gasteiger partial charge in [-0.15, -0.1) is 0 Å². The third kappa shape index (κ3) is 2.89. The molecule has 1 saturated heterocycles. The second-order valence-electron chi connectivity index (χ2n) is 6.61. The Kier molecular flexibility index (Phi) is 4.25. The molecule has 0 spiro atoms. The molecule has 2 rings (SSSR count). The van der Waals surface area contributed by atoms with Gasteiger partial charge in [0.25, 0.3) is 0 Å². The van der Waals surface area contributed by atoms with Gasteiger partial charge in [-0.3, -0.25) is 14.4 Å². The predicted molar refractivity (Wildman–Crippen MR) is 76.5 cm³/mol. The molecule has 2 amide bonds. The van der Waals surface area contributed by atoms with Gasteiger partial charge in [-0.2, -0.15) is 0 Å². The molecule has 0 unspecified atom stereocenters. The Labute approximate surface area is 125 Å². The lowest BCUT2D eigenvalue weighted by Crippen LogP contribution is -2.40. The van der Waals surface area contributed by atoms with Gasteiger partial charge in [0.1, 0.15) is 0 Å². The van der Waals surface area contributed by atoms with Gasteiger partial charge < -0.3 is 14.9 Å². The molecule has 0 aromatic carbocycles. The van der Waals surface area contributed by atoms with Crippen molar-refractivity contribution < 1.29 is 19.5 Å². The van der Waals surface area contributed by atoms with E-state index in [1.807, 2.05) is 6.92 Å². The zero-order valence-electron chi connectivity index (χ0n) is 13.0.